The summed E-state index contributed by atoms with van der Waals surface area (Å²) in [6.07, 6.45) is 0. The highest BCUT2D eigenvalue weighted by molar-refractivity contribution is 9.10. The van der Waals surface area contributed by atoms with Crippen LogP contribution in [-0.4, -0.2) is 8.42 Å². The summed E-state index contributed by atoms with van der Waals surface area (Å²) in [7, 11) is -3.57. The van der Waals surface area contributed by atoms with Gasteiger partial charge in [-0.25, -0.2) is 13.1 Å². The molecule has 0 spiro atoms. The van der Waals surface area contributed by atoms with Crippen LogP contribution in [-0.2, 0) is 16.6 Å². The smallest absolute Gasteiger partial charge is 0.207 e. The standard InChI is InChI=1S/C15H15BrClNO2S/c1-10-8-15(11(2)7-13(10)16)21(19,20)18-9-12-5-3-4-6-14(12)17/h3-8,18H,9H2,1-2H3. The molecule has 0 saturated carbocycles. The molecule has 0 aliphatic heterocycles. The topological polar surface area (TPSA) is 46.2 Å². The van der Waals surface area contributed by atoms with Crippen LogP contribution in [0.25, 0.3) is 0 Å². The monoisotopic (exact) mass is 387 g/mol. The molecule has 1 N–H and O–H groups in total. The maximum absolute atomic E-state index is 12.4. The molecule has 0 heterocycles. The lowest BCUT2D eigenvalue weighted by atomic mass is 10.2. The van der Waals surface area contributed by atoms with Crippen LogP contribution < -0.4 is 4.72 Å². The summed E-state index contributed by atoms with van der Waals surface area (Å²) in [6, 6.07) is 10.6. The summed E-state index contributed by atoms with van der Waals surface area (Å²) < 4.78 is 28.3. The van der Waals surface area contributed by atoms with Gasteiger partial charge in [-0.1, -0.05) is 45.7 Å². The molecule has 112 valence electrons. The lowest BCUT2D eigenvalue weighted by Gasteiger charge is -2.12. The second-order valence-electron chi connectivity index (χ2n) is 4.78. The fourth-order valence-corrected chi connectivity index (χ4v) is 3.91. The zero-order valence-corrected chi connectivity index (χ0v) is 14.8. The summed E-state index contributed by atoms with van der Waals surface area (Å²) in [4.78, 5) is 0.287. The molecular formula is C15H15BrClNO2S. The minimum absolute atomic E-state index is 0.163. The van der Waals surface area contributed by atoms with Crippen molar-refractivity contribution < 1.29 is 8.42 Å². The molecule has 0 aromatic heterocycles. The zero-order valence-electron chi connectivity index (χ0n) is 11.7. The maximum Gasteiger partial charge on any atom is 0.241 e. The first-order valence-corrected chi connectivity index (χ1v) is 8.96. The van der Waals surface area contributed by atoms with E-state index >= 15 is 0 Å². The lowest BCUT2D eigenvalue weighted by molar-refractivity contribution is 0.580. The minimum Gasteiger partial charge on any atom is -0.207 e. The van der Waals surface area contributed by atoms with E-state index in [-0.39, 0.29) is 11.4 Å². The molecule has 0 bridgehead atoms. The van der Waals surface area contributed by atoms with E-state index < -0.39 is 10.0 Å². The SMILES string of the molecule is Cc1cc(S(=O)(=O)NCc2ccccc2Cl)c(C)cc1Br. The highest BCUT2D eigenvalue weighted by atomic mass is 79.9. The van der Waals surface area contributed by atoms with E-state index in [1.165, 1.54) is 0 Å². The first-order chi connectivity index (χ1) is 9.81. The molecule has 0 radical (unpaired) electrons. The molecule has 0 aliphatic carbocycles. The van der Waals surface area contributed by atoms with Gasteiger partial charge in [-0.3, -0.25) is 0 Å². The number of sulfonamides is 1. The van der Waals surface area contributed by atoms with Crippen molar-refractivity contribution in [3.8, 4) is 0 Å². The molecule has 3 nitrogen and oxygen atoms in total. The summed E-state index contributed by atoms with van der Waals surface area (Å²) in [5.41, 5.74) is 2.31. The van der Waals surface area contributed by atoms with E-state index in [4.69, 9.17) is 11.6 Å². The second-order valence-corrected chi connectivity index (χ2v) is 7.78. The van der Waals surface area contributed by atoms with Gasteiger partial charge in [-0.05, 0) is 48.7 Å². The van der Waals surface area contributed by atoms with Crippen molar-refractivity contribution >= 4 is 37.6 Å². The Labute approximate surface area is 138 Å². The van der Waals surface area contributed by atoms with Crippen molar-refractivity contribution in [1.82, 2.24) is 4.72 Å². The second kappa shape index (κ2) is 6.48. The molecule has 0 amide bonds. The van der Waals surface area contributed by atoms with Crippen LogP contribution >= 0.6 is 27.5 Å². The van der Waals surface area contributed by atoms with Crippen LogP contribution in [0, 0.1) is 13.8 Å². The lowest BCUT2D eigenvalue weighted by Crippen LogP contribution is -2.24. The molecule has 0 fully saturated rings. The van der Waals surface area contributed by atoms with Gasteiger partial charge >= 0.3 is 0 Å². The normalized spacial score (nSPS) is 11.6. The van der Waals surface area contributed by atoms with Crippen molar-refractivity contribution in [1.29, 1.82) is 0 Å². The van der Waals surface area contributed by atoms with Crippen LogP contribution in [0.2, 0.25) is 5.02 Å². The van der Waals surface area contributed by atoms with Crippen LogP contribution in [0.4, 0.5) is 0 Å². The molecule has 2 rings (SSSR count). The van der Waals surface area contributed by atoms with Gasteiger partial charge in [0, 0.05) is 16.0 Å². The Morgan fingerprint density at radius 1 is 1.14 bits per heavy atom. The van der Waals surface area contributed by atoms with Gasteiger partial charge in [0.25, 0.3) is 0 Å². The maximum atomic E-state index is 12.4. The molecule has 0 unspecified atom stereocenters. The van der Waals surface area contributed by atoms with E-state index in [0.717, 1.165) is 15.6 Å². The highest BCUT2D eigenvalue weighted by Crippen LogP contribution is 2.24. The van der Waals surface area contributed by atoms with Crippen molar-refractivity contribution in [3.05, 3.63) is 62.6 Å². The Morgan fingerprint density at radius 2 is 1.81 bits per heavy atom. The number of halogens is 2. The molecule has 21 heavy (non-hydrogen) atoms. The Kier molecular flexibility index (Phi) is 5.09. The average Bonchev–Trinajstić information content (AvgIpc) is 2.42. The van der Waals surface area contributed by atoms with Crippen molar-refractivity contribution in [2.24, 2.45) is 0 Å². The largest absolute Gasteiger partial charge is 0.241 e. The summed E-state index contributed by atoms with van der Waals surface area (Å²) >= 11 is 9.43. The van der Waals surface area contributed by atoms with E-state index in [1.807, 2.05) is 19.1 Å². The van der Waals surface area contributed by atoms with E-state index in [0.29, 0.717) is 10.6 Å². The molecule has 2 aromatic carbocycles. The Bertz CT molecular complexity index is 775. The van der Waals surface area contributed by atoms with E-state index in [9.17, 15) is 8.42 Å². The summed E-state index contributed by atoms with van der Waals surface area (Å²) in [5.74, 6) is 0. The van der Waals surface area contributed by atoms with Crippen molar-refractivity contribution in [2.45, 2.75) is 25.3 Å². The molecular weight excluding hydrogens is 374 g/mol. The van der Waals surface area contributed by atoms with Gasteiger partial charge in [-0.15, -0.1) is 0 Å². The van der Waals surface area contributed by atoms with Gasteiger partial charge in [-0.2, -0.15) is 0 Å². The fourth-order valence-electron chi connectivity index (χ4n) is 1.94. The Hall–Kier alpha value is -0.880. The minimum atomic E-state index is -3.57. The quantitative estimate of drug-likeness (QED) is 0.853. The molecule has 0 saturated heterocycles. The average molecular weight is 389 g/mol. The highest BCUT2D eigenvalue weighted by Gasteiger charge is 2.18. The number of benzene rings is 2. The number of hydrogen-bond donors (Lipinski definition) is 1. The third-order valence-electron chi connectivity index (χ3n) is 3.16. The number of rotatable bonds is 4. The van der Waals surface area contributed by atoms with Gasteiger partial charge in [0.2, 0.25) is 10.0 Å². The van der Waals surface area contributed by atoms with Crippen LogP contribution in [0.3, 0.4) is 0 Å². The molecule has 6 heteroatoms. The van der Waals surface area contributed by atoms with Crippen LogP contribution in [0.1, 0.15) is 16.7 Å². The third kappa shape index (κ3) is 3.86. The zero-order chi connectivity index (χ0) is 15.6. The first kappa shape index (κ1) is 16.5. The summed E-state index contributed by atoms with van der Waals surface area (Å²) in [5, 5.41) is 0.545. The predicted molar refractivity (Wildman–Crippen MR) is 89.1 cm³/mol. The number of nitrogens with one attached hydrogen (secondary N) is 1. The fraction of sp³-hybridized carbons (Fsp3) is 0.200. The number of aryl methyl sites for hydroxylation is 2. The summed E-state index contributed by atoms with van der Waals surface area (Å²) in [6.45, 7) is 3.79. The molecule has 0 aliphatic rings. The molecule has 0 atom stereocenters. The van der Waals surface area contributed by atoms with Crippen LogP contribution in [0.5, 0.6) is 0 Å². The number of hydrogen-bond acceptors (Lipinski definition) is 2. The van der Waals surface area contributed by atoms with Crippen molar-refractivity contribution in [2.75, 3.05) is 0 Å². The van der Waals surface area contributed by atoms with Gasteiger partial charge in [0.05, 0.1) is 4.90 Å². The van der Waals surface area contributed by atoms with Crippen LogP contribution in [0.15, 0.2) is 45.8 Å². The van der Waals surface area contributed by atoms with E-state index in [2.05, 4.69) is 20.7 Å². The van der Waals surface area contributed by atoms with Gasteiger partial charge < -0.3 is 0 Å². The Balaban J connectivity index is 2.27. The van der Waals surface area contributed by atoms with Crippen molar-refractivity contribution in [3.63, 3.8) is 0 Å². The Morgan fingerprint density at radius 3 is 2.48 bits per heavy atom. The molecule has 2 aromatic rings. The predicted octanol–water partition coefficient (Wildman–Crippen LogP) is 4.20. The first-order valence-electron chi connectivity index (χ1n) is 6.31. The van der Waals surface area contributed by atoms with Gasteiger partial charge in [0.15, 0.2) is 0 Å². The third-order valence-corrected chi connectivity index (χ3v) is 5.92. The van der Waals surface area contributed by atoms with E-state index in [1.54, 1.807) is 31.2 Å². The van der Waals surface area contributed by atoms with Gasteiger partial charge in [0.1, 0.15) is 0 Å².